The predicted molar refractivity (Wildman–Crippen MR) is 106 cm³/mol. The molecule has 0 N–H and O–H groups in total. The Kier molecular flexibility index (Phi) is 4.97. The van der Waals surface area contributed by atoms with Crippen LogP contribution in [0.4, 0.5) is 0 Å². The molecule has 1 fully saturated rings. The molecule has 3 aromatic rings. The van der Waals surface area contributed by atoms with Crippen LogP contribution in [0.25, 0.3) is 11.4 Å². The topological polar surface area (TPSA) is 85.0 Å². The van der Waals surface area contributed by atoms with E-state index in [2.05, 4.69) is 15.1 Å². The monoisotopic (exact) mass is 397 g/mol. The highest BCUT2D eigenvalue weighted by atomic mass is 32.1. The number of hydrogen-bond acceptors (Lipinski definition) is 7. The first-order valence-corrected chi connectivity index (χ1v) is 10.3. The molecule has 0 unspecified atom stereocenters. The van der Waals surface area contributed by atoms with Crippen LogP contribution >= 0.6 is 11.3 Å². The number of carbonyl (C=O) groups excluding carboxylic acids is 1. The molecule has 0 radical (unpaired) electrons. The molecule has 1 aliphatic heterocycles. The van der Waals surface area contributed by atoms with E-state index in [9.17, 15) is 4.79 Å². The van der Waals surface area contributed by atoms with Crippen molar-refractivity contribution in [1.82, 2.24) is 25.0 Å². The molecular formula is C20H23N5O2S. The number of piperidine rings is 1. The van der Waals surface area contributed by atoms with Crippen LogP contribution in [0.2, 0.25) is 0 Å². The molecule has 0 bridgehead atoms. The number of aryl methyl sites for hydroxylation is 4. The molecule has 4 rings (SSSR count). The first-order chi connectivity index (χ1) is 13.5. The number of amides is 1. The maximum atomic E-state index is 13.2. The number of nitrogens with zero attached hydrogens (tertiary/aromatic N) is 5. The van der Waals surface area contributed by atoms with Gasteiger partial charge in [-0.1, -0.05) is 5.16 Å². The van der Waals surface area contributed by atoms with Gasteiger partial charge in [-0.2, -0.15) is 0 Å². The Morgan fingerprint density at radius 1 is 1.18 bits per heavy atom. The molecule has 28 heavy (non-hydrogen) atoms. The van der Waals surface area contributed by atoms with Crippen LogP contribution in [0, 0.1) is 27.7 Å². The van der Waals surface area contributed by atoms with Gasteiger partial charge in [0.1, 0.15) is 10.6 Å². The Labute approximate surface area is 167 Å². The summed E-state index contributed by atoms with van der Waals surface area (Å²) in [5, 5.41) is 4.03. The molecular weight excluding hydrogens is 374 g/mol. The lowest BCUT2D eigenvalue weighted by atomic mass is 9.98. The SMILES string of the molecule is Cc1cc([C@@H]2CCCCN2C(=O)c2scnc2C)nc(-c2c(C)noc2C)n1. The molecule has 0 saturated carbocycles. The van der Waals surface area contributed by atoms with Crippen LogP contribution in [0.15, 0.2) is 16.1 Å². The second kappa shape index (κ2) is 7.43. The van der Waals surface area contributed by atoms with E-state index in [4.69, 9.17) is 9.51 Å². The van der Waals surface area contributed by atoms with Gasteiger partial charge in [0, 0.05) is 12.2 Å². The number of aromatic nitrogens is 4. The van der Waals surface area contributed by atoms with Gasteiger partial charge in [-0.15, -0.1) is 11.3 Å². The van der Waals surface area contributed by atoms with Gasteiger partial charge in [-0.3, -0.25) is 4.79 Å². The molecule has 4 heterocycles. The fourth-order valence-corrected chi connectivity index (χ4v) is 4.55. The fraction of sp³-hybridized carbons (Fsp3) is 0.450. The predicted octanol–water partition coefficient (Wildman–Crippen LogP) is 4.19. The average Bonchev–Trinajstić information content (AvgIpc) is 3.25. The summed E-state index contributed by atoms with van der Waals surface area (Å²) in [4.78, 5) is 29.5. The zero-order valence-corrected chi connectivity index (χ0v) is 17.3. The molecule has 8 heteroatoms. The van der Waals surface area contributed by atoms with E-state index in [1.54, 1.807) is 5.51 Å². The minimum Gasteiger partial charge on any atom is -0.361 e. The highest BCUT2D eigenvalue weighted by molar-refractivity contribution is 7.11. The molecule has 1 saturated heterocycles. The van der Waals surface area contributed by atoms with Crippen molar-refractivity contribution in [3.63, 3.8) is 0 Å². The lowest BCUT2D eigenvalue weighted by Gasteiger charge is -2.35. The number of hydrogen-bond donors (Lipinski definition) is 0. The van der Waals surface area contributed by atoms with Crippen LogP contribution in [0.3, 0.4) is 0 Å². The van der Waals surface area contributed by atoms with Gasteiger partial charge in [0.25, 0.3) is 5.91 Å². The first-order valence-electron chi connectivity index (χ1n) is 9.45. The van der Waals surface area contributed by atoms with Gasteiger partial charge < -0.3 is 9.42 Å². The molecule has 0 aliphatic carbocycles. The summed E-state index contributed by atoms with van der Waals surface area (Å²) in [6.07, 6.45) is 2.96. The van der Waals surface area contributed by atoms with Crippen molar-refractivity contribution < 1.29 is 9.32 Å². The van der Waals surface area contributed by atoms with Crippen LogP contribution < -0.4 is 0 Å². The maximum Gasteiger partial charge on any atom is 0.266 e. The smallest absolute Gasteiger partial charge is 0.266 e. The van der Waals surface area contributed by atoms with Gasteiger partial charge in [0.05, 0.1) is 34.2 Å². The highest BCUT2D eigenvalue weighted by Crippen LogP contribution is 2.34. The van der Waals surface area contributed by atoms with Crippen molar-refractivity contribution in [2.45, 2.75) is 53.0 Å². The summed E-state index contributed by atoms with van der Waals surface area (Å²) < 4.78 is 5.30. The molecule has 0 spiro atoms. The standard InChI is InChI=1S/C20H23N5O2S/c1-11-9-15(23-19(22-11)17-12(2)24-27-14(17)4)16-7-5-6-8-25(16)20(26)18-13(3)21-10-28-18/h9-10,16H,5-8H2,1-4H3/t16-/m0/s1. The summed E-state index contributed by atoms with van der Waals surface area (Å²) in [5.74, 6) is 1.35. The Balaban J connectivity index is 1.74. The van der Waals surface area contributed by atoms with Crippen LogP contribution in [-0.2, 0) is 0 Å². The molecule has 3 aromatic heterocycles. The van der Waals surface area contributed by atoms with Gasteiger partial charge in [-0.05, 0) is 53.0 Å². The summed E-state index contributed by atoms with van der Waals surface area (Å²) in [7, 11) is 0. The fourth-order valence-electron chi connectivity index (χ4n) is 3.80. The van der Waals surface area contributed by atoms with Crippen LogP contribution in [-0.4, -0.2) is 37.5 Å². The Morgan fingerprint density at radius 3 is 2.68 bits per heavy atom. The number of carbonyl (C=O) groups is 1. The van der Waals surface area contributed by atoms with Crippen LogP contribution in [0.5, 0.6) is 0 Å². The van der Waals surface area contributed by atoms with Gasteiger partial charge in [-0.25, -0.2) is 15.0 Å². The molecule has 1 aliphatic rings. The summed E-state index contributed by atoms with van der Waals surface area (Å²) in [6.45, 7) is 8.32. The Hall–Kier alpha value is -2.61. The molecule has 0 aromatic carbocycles. The van der Waals surface area contributed by atoms with E-state index < -0.39 is 0 Å². The van der Waals surface area contributed by atoms with Crippen molar-refractivity contribution in [3.05, 3.63) is 45.0 Å². The molecule has 1 atom stereocenters. The largest absolute Gasteiger partial charge is 0.361 e. The van der Waals surface area contributed by atoms with E-state index in [0.717, 1.165) is 54.1 Å². The second-order valence-electron chi connectivity index (χ2n) is 7.23. The third-order valence-electron chi connectivity index (χ3n) is 5.18. The second-order valence-corrected chi connectivity index (χ2v) is 8.09. The Bertz CT molecular complexity index is 1010. The minimum atomic E-state index is -0.0660. The molecule has 7 nitrogen and oxygen atoms in total. The van der Waals surface area contributed by atoms with E-state index in [1.807, 2.05) is 38.7 Å². The van der Waals surface area contributed by atoms with Crippen molar-refractivity contribution in [1.29, 1.82) is 0 Å². The van der Waals surface area contributed by atoms with E-state index in [1.165, 1.54) is 11.3 Å². The van der Waals surface area contributed by atoms with Crippen LogP contribution in [0.1, 0.15) is 63.5 Å². The molecule has 1 amide bonds. The van der Waals surface area contributed by atoms with Crippen molar-refractivity contribution in [2.24, 2.45) is 0 Å². The quantitative estimate of drug-likeness (QED) is 0.659. The van der Waals surface area contributed by atoms with E-state index in [-0.39, 0.29) is 11.9 Å². The van der Waals surface area contributed by atoms with Gasteiger partial charge in [0.15, 0.2) is 5.82 Å². The summed E-state index contributed by atoms with van der Waals surface area (Å²) in [5.41, 5.74) is 5.86. The van der Waals surface area contributed by atoms with Crippen molar-refractivity contribution >= 4 is 17.2 Å². The number of thiazole rings is 1. The third-order valence-corrected chi connectivity index (χ3v) is 6.09. The number of likely N-dealkylation sites (tertiary alicyclic amines) is 1. The van der Waals surface area contributed by atoms with E-state index >= 15 is 0 Å². The highest BCUT2D eigenvalue weighted by Gasteiger charge is 2.32. The van der Waals surface area contributed by atoms with Gasteiger partial charge in [0.2, 0.25) is 0 Å². The lowest BCUT2D eigenvalue weighted by Crippen LogP contribution is -2.39. The zero-order valence-electron chi connectivity index (χ0n) is 16.5. The zero-order chi connectivity index (χ0) is 19.8. The molecule has 146 valence electrons. The third kappa shape index (κ3) is 3.32. The lowest BCUT2D eigenvalue weighted by molar-refractivity contribution is 0.0610. The van der Waals surface area contributed by atoms with E-state index in [0.29, 0.717) is 16.5 Å². The summed E-state index contributed by atoms with van der Waals surface area (Å²) in [6, 6.07) is 1.92. The Morgan fingerprint density at radius 2 is 2.00 bits per heavy atom. The first kappa shape index (κ1) is 18.7. The minimum absolute atomic E-state index is 0.0415. The van der Waals surface area contributed by atoms with Crippen molar-refractivity contribution in [2.75, 3.05) is 6.54 Å². The van der Waals surface area contributed by atoms with Crippen molar-refractivity contribution in [3.8, 4) is 11.4 Å². The maximum absolute atomic E-state index is 13.2. The normalized spacial score (nSPS) is 17.1. The summed E-state index contributed by atoms with van der Waals surface area (Å²) >= 11 is 1.40. The van der Waals surface area contributed by atoms with Gasteiger partial charge >= 0.3 is 0 Å². The average molecular weight is 398 g/mol. The number of rotatable bonds is 3.